The van der Waals surface area contributed by atoms with Crippen molar-refractivity contribution in [3.8, 4) is 11.8 Å². The van der Waals surface area contributed by atoms with E-state index < -0.39 is 17.5 Å². The molecule has 1 saturated heterocycles. The van der Waals surface area contributed by atoms with Crippen molar-refractivity contribution in [3.05, 3.63) is 99.0 Å². The Hall–Kier alpha value is -4.14. The first-order valence-corrected chi connectivity index (χ1v) is 17.6. The highest BCUT2D eigenvalue weighted by molar-refractivity contribution is 6.30. The topological polar surface area (TPSA) is 110 Å². The van der Waals surface area contributed by atoms with Gasteiger partial charge in [-0.05, 0) is 80.8 Å². The van der Waals surface area contributed by atoms with Crippen molar-refractivity contribution in [1.29, 1.82) is 5.26 Å². The Bertz CT molecular complexity index is 1730. The number of halogens is 2. The number of amidine groups is 1. The second-order valence-electron chi connectivity index (χ2n) is 13.2. The normalized spacial score (nSPS) is 18.7. The van der Waals surface area contributed by atoms with E-state index in [9.17, 15) is 14.9 Å². The Balaban J connectivity index is 1.54. The molecule has 1 fully saturated rings. The summed E-state index contributed by atoms with van der Waals surface area (Å²) < 4.78 is 11.3. The van der Waals surface area contributed by atoms with E-state index in [0.717, 1.165) is 16.7 Å². The molecule has 3 aromatic carbocycles. The van der Waals surface area contributed by atoms with Gasteiger partial charge in [-0.15, -0.1) is 0 Å². The molecule has 3 atom stereocenters. The van der Waals surface area contributed by atoms with Crippen LogP contribution in [0, 0.1) is 11.3 Å². The number of nitrogens with one attached hydrogen (secondary N) is 1. The number of carbonyl (C=O) groups excluding carboxylic acids is 2. The molecule has 2 aliphatic heterocycles. The van der Waals surface area contributed by atoms with Crippen LogP contribution in [0.25, 0.3) is 0 Å². The molecule has 0 radical (unpaired) electrons. The van der Waals surface area contributed by atoms with Crippen LogP contribution in [-0.2, 0) is 14.9 Å². The molecule has 12 heteroatoms. The molecule has 1 N–H and O–H groups in total. The summed E-state index contributed by atoms with van der Waals surface area (Å²) in [5, 5.41) is 14.0. The molecule has 0 bridgehead atoms. The van der Waals surface area contributed by atoms with Gasteiger partial charge in [-0.3, -0.25) is 19.6 Å². The summed E-state index contributed by atoms with van der Waals surface area (Å²) in [4.78, 5) is 38.5. The summed E-state index contributed by atoms with van der Waals surface area (Å²) in [6, 6.07) is 21.7. The van der Waals surface area contributed by atoms with E-state index in [-0.39, 0.29) is 24.5 Å². The number of carbonyl (C=O) groups is 2. The minimum absolute atomic E-state index is 0.0802. The molecular formula is C38H44Cl2N6O4. The van der Waals surface area contributed by atoms with Gasteiger partial charge in [0.25, 0.3) is 0 Å². The summed E-state index contributed by atoms with van der Waals surface area (Å²) in [6.45, 7) is 10.5. The molecule has 10 nitrogen and oxygen atoms in total. The average molecular weight is 720 g/mol. The van der Waals surface area contributed by atoms with Crippen molar-refractivity contribution in [3.63, 3.8) is 0 Å². The lowest BCUT2D eigenvalue weighted by atomic mass is 9.85. The minimum atomic E-state index is -0.756. The third kappa shape index (κ3) is 8.41. The van der Waals surface area contributed by atoms with Gasteiger partial charge in [0.1, 0.15) is 17.6 Å². The Morgan fingerprint density at radius 1 is 1.00 bits per heavy atom. The van der Waals surface area contributed by atoms with Gasteiger partial charge in [0, 0.05) is 49.4 Å². The van der Waals surface area contributed by atoms with Crippen LogP contribution in [0.5, 0.6) is 5.75 Å². The molecule has 2 heterocycles. The number of piperazine rings is 1. The van der Waals surface area contributed by atoms with Gasteiger partial charge in [-0.1, -0.05) is 53.5 Å². The van der Waals surface area contributed by atoms with Gasteiger partial charge in [0.2, 0.25) is 5.91 Å². The van der Waals surface area contributed by atoms with Crippen molar-refractivity contribution in [2.24, 2.45) is 4.99 Å². The Morgan fingerprint density at radius 3 is 2.20 bits per heavy atom. The van der Waals surface area contributed by atoms with E-state index in [2.05, 4.69) is 11.4 Å². The number of nitrogens with zero attached hydrogens (tertiary/aromatic N) is 5. The monoisotopic (exact) mass is 718 g/mol. The van der Waals surface area contributed by atoms with Gasteiger partial charge in [-0.2, -0.15) is 5.26 Å². The second kappa shape index (κ2) is 16.3. The summed E-state index contributed by atoms with van der Waals surface area (Å²) in [5.41, 5.74) is 2.44. The van der Waals surface area contributed by atoms with Crippen LogP contribution in [0.15, 0.2) is 71.7 Å². The highest BCUT2D eigenvalue weighted by atomic mass is 35.5. The number of amides is 3. The Morgan fingerprint density at radius 2 is 1.62 bits per heavy atom. The van der Waals surface area contributed by atoms with E-state index in [0.29, 0.717) is 66.6 Å². The molecule has 0 aromatic heterocycles. The second-order valence-corrected chi connectivity index (χ2v) is 14.0. The number of ether oxygens (including phenoxy) is 2. The molecule has 50 heavy (non-hydrogen) atoms. The van der Waals surface area contributed by atoms with E-state index in [1.165, 1.54) is 0 Å². The number of urea groups is 1. The largest absolute Gasteiger partial charge is 0.493 e. The number of methoxy groups -OCH3 is 1. The lowest BCUT2D eigenvalue weighted by molar-refractivity contribution is -0.123. The minimum Gasteiger partial charge on any atom is -0.493 e. The summed E-state index contributed by atoms with van der Waals surface area (Å²) in [6.07, 6.45) is 0. The van der Waals surface area contributed by atoms with Crippen molar-refractivity contribution in [2.75, 3.05) is 53.0 Å². The predicted octanol–water partition coefficient (Wildman–Crippen LogP) is 6.63. The number of benzene rings is 3. The number of hydrogen-bond donors (Lipinski definition) is 1. The molecule has 0 spiro atoms. The summed E-state index contributed by atoms with van der Waals surface area (Å²) in [7, 11) is 1.60. The highest BCUT2D eigenvalue weighted by Crippen LogP contribution is 2.46. The van der Waals surface area contributed by atoms with Crippen LogP contribution < -0.4 is 10.1 Å². The fourth-order valence-electron chi connectivity index (χ4n) is 6.35. The van der Waals surface area contributed by atoms with Crippen LogP contribution in [-0.4, -0.2) is 91.6 Å². The zero-order valence-electron chi connectivity index (χ0n) is 29.2. The van der Waals surface area contributed by atoms with Crippen LogP contribution in [0.3, 0.4) is 0 Å². The third-order valence-electron chi connectivity index (χ3n) is 9.05. The fraction of sp³-hybridized carbons (Fsp3) is 0.421. The van der Waals surface area contributed by atoms with Gasteiger partial charge in [0.05, 0.1) is 42.8 Å². The quantitative estimate of drug-likeness (QED) is 0.239. The number of nitriles is 1. The van der Waals surface area contributed by atoms with Gasteiger partial charge in [-0.25, -0.2) is 4.79 Å². The first kappa shape index (κ1) is 37.1. The van der Waals surface area contributed by atoms with Gasteiger partial charge < -0.3 is 19.7 Å². The van der Waals surface area contributed by atoms with Crippen molar-refractivity contribution < 1.29 is 19.1 Å². The molecule has 0 saturated carbocycles. The van der Waals surface area contributed by atoms with Gasteiger partial charge >= 0.3 is 6.03 Å². The molecule has 3 aromatic rings. The van der Waals surface area contributed by atoms with Crippen LogP contribution >= 0.6 is 23.2 Å². The molecule has 264 valence electrons. The van der Waals surface area contributed by atoms with Crippen LogP contribution in [0.4, 0.5) is 4.79 Å². The van der Waals surface area contributed by atoms with Crippen molar-refractivity contribution >= 4 is 41.0 Å². The van der Waals surface area contributed by atoms with Crippen LogP contribution in [0.2, 0.25) is 10.0 Å². The zero-order chi connectivity index (χ0) is 36.0. The molecule has 1 unspecified atom stereocenters. The first-order valence-electron chi connectivity index (χ1n) is 16.8. The van der Waals surface area contributed by atoms with Crippen LogP contribution in [0.1, 0.15) is 62.0 Å². The van der Waals surface area contributed by atoms with E-state index in [1.807, 2.05) is 104 Å². The summed E-state index contributed by atoms with van der Waals surface area (Å²) >= 11 is 12.6. The fourth-order valence-corrected chi connectivity index (χ4v) is 6.61. The molecular weight excluding hydrogens is 675 g/mol. The Kier molecular flexibility index (Phi) is 12.1. The molecule has 2 aliphatic rings. The lowest BCUT2D eigenvalue weighted by Crippen LogP contribution is -2.55. The maximum atomic E-state index is 14.9. The van der Waals surface area contributed by atoms with E-state index in [1.54, 1.807) is 12.0 Å². The van der Waals surface area contributed by atoms with Crippen molar-refractivity contribution in [2.45, 2.75) is 51.2 Å². The Labute approximate surface area is 304 Å². The van der Waals surface area contributed by atoms with Crippen molar-refractivity contribution in [1.82, 2.24) is 20.0 Å². The van der Waals surface area contributed by atoms with E-state index in [4.69, 9.17) is 37.7 Å². The highest BCUT2D eigenvalue weighted by Gasteiger charge is 2.45. The predicted molar refractivity (Wildman–Crippen MR) is 196 cm³/mol. The first-order chi connectivity index (χ1) is 23.9. The maximum Gasteiger partial charge on any atom is 0.326 e. The number of hydrogen-bond acceptors (Lipinski definition) is 7. The third-order valence-corrected chi connectivity index (χ3v) is 9.56. The molecule has 0 aliphatic carbocycles. The summed E-state index contributed by atoms with van der Waals surface area (Å²) in [5.74, 6) is 0.923. The number of aliphatic imine (C=N–C) groups is 1. The standard InChI is InChI=1S/C38H44Cl2N6O4/c1-6-50-32-21-28(38(3,4)24-41)11-16-31(32)36-43-34(26-7-12-29(39)13-8-26)35(27-9-14-30(40)15-10-27)46(36)37(48)45-19-17-44(18-20-45)22-33(47)42-25(2)23-49-5/h7-16,21,25,34-35H,6,17-20,22-23H2,1-5H3,(H,42,47)/t25?,34-,35+/m0/s1. The zero-order valence-corrected chi connectivity index (χ0v) is 30.7. The lowest BCUT2D eigenvalue weighted by Gasteiger charge is -2.39. The number of rotatable bonds is 11. The average Bonchev–Trinajstić information content (AvgIpc) is 3.49. The molecule has 5 rings (SSSR count). The van der Waals surface area contributed by atoms with Gasteiger partial charge in [0.15, 0.2) is 0 Å². The van der Waals surface area contributed by atoms with E-state index >= 15 is 0 Å². The smallest absolute Gasteiger partial charge is 0.326 e. The maximum absolute atomic E-state index is 14.9. The SMILES string of the molecule is CCOc1cc(C(C)(C)C#N)ccc1C1=N[C@@H](c2ccc(Cl)cc2)[C@@H](c2ccc(Cl)cc2)N1C(=O)N1CCN(CC(=O)NC(C)COC)CC1. The molecule has 3 amide bonds.